The fraction of sp³-hybridized carbons (Fsp3) is 0.263. The van der Waals surface area contributed by atoms with Gasteiger partial charge in [-0.25, -0.2) is 18.4 Å². The lowest BCUT2D eigenvalue weighted by Gasteiger charge is -2.17. The van der Waals surface area contributed by atoms with Crippen LogP contribution in [0.25, 0.3) is 10.9 Å². The number of alkyl halides is 3. The molecule has 1 heterocycles. The van der Waals surface area contributed by atoms with E-state index in [1.807, 2.05) is 0 Å². The lowest BCUT2D eigenvalue weighted by atomic mass is 10.2. The van der Waals surface area contributed by atoms with Gasteiger partial charge in [-0.15, -0.1) is 13.2 Å². The molecule has 1 aromatic heterocycles. The molecule has 166 valence electrons. The van der Waals surface area contributed by atoms with Crippen molar-refractivity contribution >= 4 is 32.2 Å². The summed E-state index contributed by atoms with van der Waals surface area (Å²) in [6.07, 6.45) is -3.79. The Bertz CT molecular complexity index is 1220. The number of methoxy groups -OCH3 is 2. The van der Waals surface area contributed by atoms with E-state index in [0.717, 1.165) is 18.2 Å². The molecule has 8 nitrogen and oxygen atoms in total. The maximum Gasteiger partial charge on any atom is 0.573 e. The predicted octanol–water partition coefficient (Wildman–Crippen LogP) is 4.08. The Balaban J connectivity index is 2.18. The molecular formula is C19H18F3N3O5S. The molecule has 0 aliphatic rings. The summed E-state index contributed by atoms with van der Waals surface area (Å²) in [5, 5.41) is 3.08. The summed E-state index contributed by atoms with van der Waals surface area (Å²) in [4.78, 5) is 8.05. The fourth-order valence-corrected chi connectivity index (χ4v) is 3.72. The minimum atomic E-state index is -4.99. The Kier molecular flexibility index (Phi) is 6.11. The molecule has 12 heteroatoms. The number of halogens is 3. The van der Waals surface area contributed by atoms with Crippen molar-refractivity contribution in [3.63, 3.8) is 0 Å². The molecule has 3 aromatic rings. The summed E-state index contributed by atoms with van der Waals surface area (Å²) >= 11 is 0. The van der Waals surface area contributed by atoms with E-state index in [-0.39, 0.29) is 22.2 Å². The van der Waals surface area contributed by atoms with E-state index in [2.05, 4.69) is 20.0 Å². The van der Waals surface area contributed by atoms with Crippen molar-refractivity contribution in [2.24, 2.45) is 0 Å². The Morgan fingerprint density at radius 3 is 2.39 bits per heavy atom. The highest BCUT2D eigenvalue weighted by atomic mass is 32.2. The van der Waals surface area contributed by atoms with Gasteiger partial charge in [0.05, 0.1) is 41.5 Å². The molecule has 0 spiro atoms. The summed E-state index contributed by atoms with van der Waals surface area (Å²) in [6.45, 7) is 1.43. The Morgan fingerprint density at radius 1 is 1.03 bits per heavy atom. The first-order valence-corrected chi connectivity index (χ1v) is 10.5. The number of aromatic nitrogens is 2. The number of sulfone groups is 1. The lowest BCUT2D eigenvalue weighted by molar-refractivity contribution is -0.274. The highest BCUT2D eigenvalue weighted by Crippen LogP contribution is 2.38. The van der Waals surface area contributed by atoms with Crippen LogP contribution in [0.4, 0.5) is 24.7 Å². The van der Waals surface area contributed by atoms with Gasteiger partial charge >= 0.3 is 6.36 Å². The number of nitrogens with zero attached hydrogens (tertiary/aromatic N) is 2. The van der Waals surface area contributed by atoms with E-state index in [4.69, 9.17) is 9.47 Å². The molecule has 0 atom stereocenters. The van der Waals surface area contributed by atoms with E-state index in [9.17, 15) is 21.6 Å². The van der Waals surface area contributed by atoms with Crippen LogP contribution in [0.1, 0.15) is 6.92 Å². The van der Waals surface area contributed by atoms with Crippen LogP contribution in [0.15, 0.2) is 41.6 Å². The summed E-state index contributed by atoms with van der Waals surface area (Å²) in [5.41, 5.74) is 0.147. The molecule has 2 aromatic carbocycles. The molecule has 3 rings (SSSR count). The van der Waals surface area contributed by atoms with Crippen LogP contribution in [0.2, 0.25) is 0 Å². The number of nitrogens with one attached hydrogen (secondary N) is 1. The van der Waals surface area contributed by atoms with Crippen LogP contribution in [0, 0.1) is 0 Å². The van der Waals surface area contributed by atoms with Crippen molar-refractivity contribution in [2.45, 2.75) is 18.2 Å². The normalized spacial score (nSPS) is 11.9. The average molecular weight is 457 g/mol. The molecule has 0 unspecified atom stereocenters. The van der Waals surface area contributed by atoms with Gasteiger partial charge in [-0.2, -0.15) is 0 Å². The number of rotatable bonds is 7. The minimum absolute atomic E-state index is 0.0857. The second-order valence-electron chi connectivity index (χ2n) is 6.18. The van der Waals surface area contributed by atoms with Gasteiger partial charge in [0.25, 0.3) is 0 Å². The minimum Gasteiger partial charge on any atom is -0.497 e. The number of hydrogen-bond acceptors (Lipinski definition) is 8. The standard InChI is InChI=1S/C19H18F3N3O5S/c1-4-31(26,27)12-5-6-15(30-19(20,21)22)13(9-12)25-18-17-14(23-10-24-18)7-11(28-2)8-16(17)29-3/h5-10H,4H2,1-3H3,(H,23,24,25). The zero-order valence-corrected chi connectivity index (χ0v) is 17.5. The van der Waals surface area contributed by atoms with E-state index in [1.54, 1.807) is 12.1 Å². The van der Waals surface area contributed by atoms with Gasteiger partial charge < -0.3 is 19.5 Å². The second-order valence-corrected chi connectivity index (χ2v) is 8.46. The van der Waals surface area contributed by atoms with E-state index < -0.39 is 21.9 Å². The fourth-order valence-electron chi connectivity index (χ4n) is 2.81. The maximum atomic E-state index is 12.9. The predicted molar refractivity (Wildman–Crippen MR) is 107 cm³/mol. The Labute approximate surface area is 175 Å². The van der Waals surface area contributed by atoms with Crippen molar-refractivity contribution in [1.29, 1.82) is 0 Å². The molecule has 0 amide bonds. The second kappa shape index (κ2) is 8.46. The number of hydrogen-bond donors (Lipinski definition) is 1. The van der Waals surface area contributed by atoms with Crippen LogP contribution >= 0.6 is 0 Å². The molecular weight excluding hydrogens is 439 g/mol. The average Bonchev–Trinajstić information content (AvgIpc) is 2.73. The topological polar surface area (TPSA) is 99.6 Å². The highest BCUT2D eigenvalue weighted by Gasteiger charge is 2.32. The van der Waals surface area contributed by atoms with Gasteiger partial charge in [-0.1, -0.05) is 6.92 Å². The van der Waals surface area contributed by atoms with Gasteiger partial charge in [0.2, 0.25) is 0 Å². The van der Waals surface area contributed by atoms with E-state index in [0.29, 0.717) is 22.4 Å². The summed E-state index contributed by atoms with van der Waals surface area (Å²) < 4.78 is 77.7. The van der Waals surface area contributed by atoms with Gasteiger partial charge in [-0.05, 0) is 18.2 Å². The van der Waals surface area contributed by atoms with Crippen molar-refractivity contribution in [1.82, 2.24) is 9.97 Å². The molecule has 0 aliphatic carbocycles. The van der Waals surface area contributed by atoms with Crippen LogP contribution < -0.4 is 19.5 Å². The summed E-state index contributed by atoms with van der Waals surface area (Å²) in [5.74, 6) is -0.0146. The number of benzene rings is 2. The monoisotopic (exact) mass is 457 g/mol. The van der Waals surface area contributed by atoms with Crippen LogP contribution in [0.5, 0.6) is 17.2 Å². The molecule has 0 fully saturated rings. The third-order valence-electron chi connectivity index (χ3n) is 4.30. The van der Waals surface area contributed by atoms with Crippen LogP contribution in [-0.2, 0) is 9.84 Å². The van der Waals surface area contributed by atoms with Crippen molar-refractivity contribution < 1.29 is 35.8 Å². The molecule has 31 heavy (non-hydrogen) atoms. The smallest absolute Gasteiger partial charge is 0.497 e. The molecule has 0 saturated heterocycles. The third kappa shape index (κ3) is 4.90. The van der Waals surface area contributed by atoms with Crippen molar-refractivity contribution in [3.8, 4) is 17.2 Å². The molecule has 0 radical (unpaired) electrons. The van der Waals surface area contributed by atoms with Gasteiger partial charge in [0, 0.05) is 12.1 Å². The van der Waals surface area contributed by atoms with E-state index >= 15 is 0 Å². The number of ether oxygens (including phenoxy) is 3. The maximum absolute atomic E-state index is 12.9. The van der Waals surface area contributed by atoms with E-state index in [1.165, 1.54) is 27.5 Å². The van der Waals surface area contributed by atoms with Gasteiger partial charge in [0.15, 0.2) is 15.6 Å². The third-order valence-corrected chi connectivity index (χ3v) is 6.03. The molecule has 1 N–H and O–H groups in total. The zero-order chi connectivity index (χ0) is 22.8. The highest BCUT2D eigenvalue weighted by molar-refractivity contribution is 7.91. The van der Waals surface area contributed by atoms with Gasteiger partial charge in [0.1, 0.15) is 23.6 Å². The Hall–Kier alpha value is -3.28. The molecule has 0 saturated carbocycles. The Morgan fingerprint density at radius 2 is 1.77 bits per heavy atom. The first-order valence-electron chi connectivity index (χ1n) is 8.84. The SMILES string of the molecule is CCS(=O)(=O)c1ccc(OC(F)(F)F)c(Nc2ncnc3cc(OC)cc(OC)c23)c1. The lowest BCUT2D eigenvalue weighted by Crippen LogP contribution is -2.18. The van der Waals surface area contributed by atoms with Gasteiger partial charge in [-0.3, -0.25) is 0 Å². The molecule has 0 aliphatic heterocycles. The summed E-state index contributed by atoms with van der Waals surface area (Å²) in [7, 11) is -0.828. The summed E-state index contributed by atoms with van der Waals surface area (Å²) in [6, 6.07) is 6.19. The quantitative estimate of drug-likeness (QED) is 0.567. The largest absolute Gasteiger partial charge is 0.573 e. The number of fused-ring (bicyclic) bond motifs is 1. The zero-order valence-electron chi connectivity index (χ0n) is 16.6. The number of anilines is 2. The van der Waals surface area contributed by atoms with Crippen molar-refractivity contribution in [2.75, 3.05) is 25.3 Å². The molecule has 0 bridgehead atoms. The van der Waals surface area contributed by atoms with Crippen LogP contribution in [-0.4, -0.2) is 44.7 Å². The van der Waals surface area contributed by atoms with Crippen molar-refractivity contribution in [3.05, 3.63) is 36.7 Å². The first-order chi connectivity index (χ1) is 14.6. The van der Waals surface area contributed by atoms with Crippen LogP contribution in [0.3, 0.4) is 0 Å². The first kappa shape index (κ1) is 22.4.